The molecule has 5 rings (SSSR count). The Morgan fingerprint density at radius 3 is 2.76 bits per heavy atom. The first-order valence-corrected chi connectivity index (χ1v) is 15.2. The molecule has 0 saturated carbocycles. The molecule has 0 saturated heterocycles. The molecule has 3 heterocycles. The van der Waals surface area contributed by atoms with Crippen LogP contribution in [0.2, 0.25) is 5.02 Å². The lowest BCUT2D eigenvalue weighted by atomic mass is 9.94. The Kier molecular flexibility index (Phi) is 10.5. The predicted octanol–water partition coefficient (Wildman–Crippen LogP) is 6.85. The number of methoxy groups -OCH3 is 1. The number of pyridine rings is 1. The molecule has 4 amide bonds. The average Bonchev–Trinajstić information content (AvgIpc) is 3.07. The second-order valence-corrected chi connectivity index (χ2v) is 11.2. The van der Waals surface area contributed by atoms with Gasteiger partial charge in [-0.2, -0.15) is 0 Å². The Balaban J connectivity index is 1.54. The van der Waals surface area contributed by atoms with E-state index >= 15 is 4.39 Å². The summed E-state index contributed by atoms with van der Waals surface area (Å²) in [4.78, 5) is 57.5. The fraction of sp³-hybridized carbons (Fsp3) is 0.303. The number of hydrogen-bond donors (Lipinski definition) is 3. The molecule has 0 radical (unpaired) electrons. The number of carbonyl (C=O) groups is 4. The molecule has 1 atom stereocenters. The molecule has 0 aliphatic carbocycles. The molecule has 46 heavy (non-hydrogen) atoms. The van der Waals surface area contributed by atoms with Gasteiger partial charge in [0.2, 0.25) is 11.8 Å². The van der Waals surface area contributed by atoms with Gasteiger partial charge in [-0.25, -0.2) is 14.0 Å². The molecule has 0 unspecified atom stereocenters. The highest BCUT2D eigenvalue weighted by atomic mass is 35.5. The van der Waals surface area contributed by atoms with Gasteiger partial charge in [-0.1, -0.05) is 29.8 Å². The Bertz CT molecular complexity index is 1680. The minimum Gasteiger partial charge on any atom is -0.453 e. The molecule has 0 spiro atoms. The molecule has 3 N–H and O–H groups in total. The van der Waals surface area contributed by atoms with Crippen LogP contribution in [-0.2, 0) is 25.6 Å². The third-order valence-electron chi connectivity index (χ3n) is 7.70. The van der Waals surface area contributed by atoms with Crippen molar-refractivity contribution in [1.82, 2.24) is 9.88 Å². The number of cyclic esters (lactones) is 1. The molecule has 2 bridgehead atoms. The van der Waals surface area contributed by atoms with Crippen molar-refractivity contribution in [3.63, 3.8) is 0 Å². The molecule has 0 fully saturated rings. The maximum Gasteiger partial charge on any atom is 0.411 e. The quantitative estimate of drug-likeness (QED) is 0.258. The number of fused-ring (bicyclic) bond motifs is 5. The number of aromatic nitrogens is 1. The van der Waals surface area contributed by atoms with Crippen molar-refractivity contribution >= 4 is 52.7 Å². The molecular formula is C33H33ClFN5O6. The zero-order valence-electron chi connectivity index (χ0n) is 25.1. The van der Waals surface area contributed by atoms with E-state index in [1.807, 2.05) is 12.2 Å². The van der Waals surface area contributed by atoms with E-state index in [1.54, 1.807) is 41.4 Å². The van der Waals surface area contributed by atoms with E-state index in [0.29, 0.717) is 47.5 Å². The van der Waals surface area contributed by atoms with Crippen LogP contribution >= 0.6 is 11.6 Å². The number of benzene rings is 2. The van der Waals surface area contributed by atoms with Crippen molar-refractivity contribution in [1.29, 1.82) is 0 Å². The Morgan fingerprint density at radius 1 is 1.09 bits per heavy atom. The number of ether oxygens (including phenoxy) is 2. The maximum absolute atomic E-state index is 15.4. The summed E-state index contributed by atoms with van der Waals surface area (Å²) in [5.41, 5.74) is 2.94. The first-order valence-electron chi connectivity index (χ1n) is 14.8. The van der Waals surface area contributed by atoms with Crippen molar-refractivity contribution in [2.45, 2.75) is 44.6 Å². The van der Waals surface area contributed by atoms with Crippen LogP contribution in [0.25, 0.3) is 11.1 Å². The Hall–Kier alpha value is -4.97. The van der Waals surface area contributed by atoms with Gasteiger partial charge in [-0.15, -0.1) is 0 Å². The summed E-state index contributed by atoms with van der Waals surface area (Å²) < 4.78 is 25.3. The fourth-order valence-corrected chi connectivity index (χ4v) is 5.51. The van der Waals surface area contributed by atoms with Gasteiger partial charge < -0.3 is 19.7 Å². The van der Waals surface area contributed by atoms with Gasteiger partial charge in [0.1, 0.15) is 5.82 Å². The van der Waals surface area contributed by atoms with E-state index in [1.165, 1.54) is 19.2 Å². The minimum atomic E-state index is -0.744. The number of hydrogen-bond acceptors (Lipinski definition) is 7. The van der Waals surface area contributed by atoms with Gasteiger partial charge in [0, 0.05) is 36.0 Å². The summed E-state index contributed by atoms with van der Waals surface area (Å²) in [7, 11) is 1.26. The van der Waals surface area contributed by atoms with Crippen LogP contribution in [0.5, 0.6) is 0 Å². The number of carbonyl (C=O) groups excluding carboxylic acids is 4. The zero-order valence-corrected chi connectivity index (χ0v) is 25.9. The molecule has 1 aromatic heterocycles. The topological polar surface area (TPSA) is 139 Å². The molecule has 13 heteroatoms. The predicted molar refractivity (Wildman–Crippen MR) is 171 cm³/mol. The van der Waals surface area contributed by atoms with Crippen LogP contribution in [0.15, 0.2) is 60.8 Å². The lowest BCUT2D eigenvalue weighted by molar-refractivity contribution is -0.133. The highest BCUT2D eigenvalue weighted by Gasteiger charge is 2.29. The number of anilines is 3. The van der Waals surface area contributed by atoms with Crippen molar-refractivity contribution in [3.8, 4) is 11.1 Å². The van der Waals surface area contributed by atoms with Crippen LogP contribution in [-0.4, -0.2) is 54.1 Å². The summed E-state index contributed by atoms with van der Waals surface area (Å²) in [5, 5.41) is 7.97. The molecular weight excluding hydrogens is 617 g/mol. The number of rotatable bonds is 2. The van der Waals surface area contributed by atoms with Crippen molar-refractivity contribution in [3.05, 3.63) is 82.9 Å². The lowest BCUT2D eigenvalue weighted by Crippen LogP contribution is -2.36. The summed E-state index contributed by atoms with van der Waals surface area (Å²) in [6.07, 6.45) is 5.82. The minimum absolute atomic E-state index is 0.0662. The summed E-state index contributed by atoms with van der Waals surface area (Å²) >= 11 is 6.11. The van der Waals surface area contributed by atoms with Gasteiger partial charge in [0.05, 0.1) is 48.3 Å². The van der Waals surface area contributed by atoms with Crippen molar-refractivity contribution < 1.29 is 33.0 Å². The second kappa shape index (κ2) is 14.9. The van der Waals surface area contributed by atoms with Crippen LogP contribution in [0.1, 0.15) is 49.3 Å². The molecule has 2 aliphatic rings. The molecule has 11 nitrogen and oxygen atoms in total. The van der Waals surface area contributed by atoms with E-state index in [-0.39, 0.29) is 60.6 Å². The van der Waals surface area contributed by atoms with Crippen LogP contribution in [0, 0.1) is 5.82 Å². The van der Waals surface area contributed by atoms with Crippen molar-refractivity contribution in [2.24, 2.45) is 0 Å². The number of amides is 4. The van der Waals surface area contributed by atoms with E-state index in [0.717, 1.165) is 0 Å². The van der Waals surface area contributed by atoms with Crippen LogP contribution < -0.4 is 16.0 Å². The third kappa shape index (κ3) is 7.81. The standard InChI is InChI=1S/C33H33ClFN5O6/c1-45-32(43)37-21-9-10-22-20-13-14-36-27(17-20)23(7-3-2-4-8-29(41)38-28(22)18-21)31(42)40-15-5-6-16-46-33(44)39-26-12-11-25(34)30(35)24(26)19-40/h2-3,9-14,17-18,23H,4-8,15-16,19H2,1H3,(H,37,43)(H,38,41)(H,39,44)/b3-2+/t23-/m1/s1. The Morgan fingerprint density at radius 2 is 1.93 bits per heavy atom. The second-order valence-electron chi connectivity index (χ2n) is 10.8. The van der Waals surface area contributed by atoms with Gasteiger partial charge in [0.15, 0.2) is 0 Å². The first kappa shape index (κ1) is 32.4. The van der Waals surface area contributed by atoms with Gasteiger partial charge in [-0.3, -0.25) is 25.2 Å². The lowest BCUT2D eigenvalue weighted by Gasteiger charge is -2.28. The van der Waals surface area contributed by atoms with Crippen molar-refractivity contribution in [2.75, 3.05) is 36.2 Å². The highest BCUT2D eigenvalue weighted by molar-refractivity contribution is 6.31. The van der Waals surface area contributed by atoms with Crippen LogP contribution in [0.4, 0.5) is 31.0 Å². The third-order valence-corrected chi connectivity index (χ3v) is 7.99. The fourth-order valence-electron chi connectivity index (χ4n) is 5.34. The molecule has 2 aromatic carbocycles. The SMILES string of the molecule is COC(=O)Nc1ccc2c(c1)NC(=O)CC/C=C/C[C@@H](C(=O)N1CCCCOC(=O)Nc3ccc(Cl)c(F)c3C1)c1cc-2ccn1. The van der Waals surface area contributed by atoms with Gasteiger partial charge >= 0.3 is 12.2 Å². The smallest absolute Gasteiger partial charge is 0.411 e. The van der Waals surface area contributed by atoms with Crippen LogP contribution in [0.3, 0.4) is 0 Å². The van der Waals surface area contributed by atoms with E-state index < -0.39 is 23.9 Å². The molecule has 3 aromatic rings. The summed E-state index contributed by atoms with van der Waals surface area (Å²) in [6, 6.07) is 11.4. The maximum atomic E-state index is 15.4. The van der Waals surface area contributed by atoms with E-state index in [9.17, 15) is 19.2 Å². The number of nitrogens with one attached hydrogen (secondary N) is 3. The monoisotopic (exact) mass is 649 g/mol. The van der Waals surface area contributed by atoms with Gasteiger partial charge in [0.25, 0.3) is 0 Å². The highest BCUT2D eigenvalue weighted by Crippen LogP contribution is 2.35. The molecule has 2 aliphatic heterocycles. The van der Waals surface area contributed by atoms with E-state index in [2.05, 4.69) is 20.9 Å². The normalized spacial score (nSPS) is 17.9. The number of allylic oxidation sites excluding steroid dienone is 2. The largest absolute Gasteiger partial charge is 0.453 e. The first-order chi connectivity index (χ1) is 22.2. The number of halogens is 2. The summed E-state index contributed by atoms with van der Waals surface area (Å²) in [6.45, 7) is 0.273. The van der Waals surface area contributed by atoms with Gasteiger partial charge in [-0.05, 0) is 67.6 Å². The average molecular weight is 650 g/mol. The molecule has 240 valence electrons. The summed E-state index contributed by atoms with van der Waals surface area (Å²) in [5.74, 6) is -1.98. The van der Waals surface area contributed by atoms with E-state index in [4.69, 9.17) is 21.1 Å². The zero-order chi connectivity index (χ0) is 32.6. The number of nitrogens with zero attached hydrogens (tertiary/aromatic N) is 2. The Labute approximate surface area is 270 Å².